The van der Waals surface area contributed by atoms with E-state index >= 15 is 0 Å². The molecule has 3 rings (SSSR count). The number of para-hydroxylation sites is 1. The van der Waals surface area contributed by atoms with Crippen LogP contribution < -0.4 is 9.64 Å². The van der Waals surface area contributed by atoms with Crippen molar-refractivity contribution in [2.24, 2.45) is 0 Å². The lowest BCUT2D eigenvalue weighted by Crippen LogP contribution is -2.23. The van der Waals surface area contributed by atoms with Crippen LogP contribution >= 0.6 is 11.3 Å². The Morgan fingerprint density at radius 1 is 1.07 bits per heavy atom. The van der Waals surface area contributed by atoms with Gasteiger partial charge in [-0.25, -0.2) is 9.78 Å². The summed E-state index contributed by atoms with van der Waals surface area (Å²) in [6, 6.07) is 14.6. The summed E-state index contributed by atoms with van der Waals surface area (Å²) in [6.45, 7) is 5.96. The highest BCUT2D eigenvalue weighted by Crippen LogP contribution is 2.32. The minimum absolute atomic E-state index is 0.0905. The van der Waals surface area contributed by atoms with E-state index in [0.717, 1.165) is 23.4 Å². The molecule has 30 heavy (non-hydrogen) atoms. The Morgan fingerprint density at radius 3 is 2.47 bits per heavy atom. The summed E-state index contributed by atoms with van der Waals surface area (Å²) in [5, 5.41) is 2.49. The van der Waals surface area contributed by atoms with Gasteiger partial charge in [0.1, 0.15) is 12.4 Å². The number of carbonyl (C=O) groups is 2. The topological polar surface area (TPSA) is 68.7 Å². The second kappa shape index (κ2) is 10.0. The molecular formula is C23H24N2O4S. The van der Waals surface area contributed by atoms with Gasteiger partial charge in [0.2, 0.25) is 5.91 Å². The number of rotatable bonds is 8. The van der Waals surface area contributed by atoms with Crippen LogP contribution in [-0.2, 0) is 22.6 Å². The number of thiazole rings is 1. The first-order valence-corrected chi connectivity index (χ1v) is 10.6. The number of aromatic nitrogens is 1. The highest BCUT2D eigenvalue weighted by atomic mass is 32.1. The summed E-state index contributed by atoms with van der Waals surface area (Å²) in [5.74, 6) is 0.175. The first kappa shape index (κ1) is 21.5. The molecule has 0 aliphatic rings. The minimum atomic E-state index is -0.357. The molecule has 0 atom stereocenters. The van der Waals surface area contributed by atoms with Gasteiger partial charge in [-0.2, -0.15) is 0 Å². The molecule has 1 amide bonds. The van der Waals surface area contributed by atoms with Crippen LogP contribution in [0.4, 0.5) is 10.8 Å². The first-order valence-electron chi connectivity index (χ1n) is 9.76. The Bertz CT molecular complexity index is 1010. The third-order valence-corrected chi connectivity index (χ3v) is 5.29. The summed E-state index contributed by atoms with van der Waals surface area (Å²) >= 11 is 1.40. The van der Waals surface area contributed by atoms with Crippen LogP contribution in [-0.4, -0.2) is 23.5 Å². The lowest BCUT2D eigenvalue weighted by atomic mass is 10.1. The van der Waals surface area contributed by atoms with Crippen molar-refractivity contribution >= 4 is 34.0 Å². The monoisotopic (exact) mass is 424 g/mol. The molecule has 0 aliphatic carbocycles. The van der Waals surface area contributed by atoms with E-state index in [1.807, 2.05) is 29.6 Å². The van der Waals surface area contributed by atoms with Gasteiger partial charge in [-0.05, 0) is 49.2 Å². The number of ether oxygens (including phenoxy) is 2. The van der Waals surface area contributed by atoms with Gasteiger partial charge in [-0.15, -0.1) is 11.3 Å². The Balaban J connectivity index is 1.71. The molecule has 0 saturated carbocycles. The third-order valence-electron chi connectivity index (χ3n) is 4.41. The smallest absolute Gasteiger partial charge is 0.338 e. The summed E-state index contributed by atoms with van der Waals surface area (Å²) in [5.41, 5.74) is 3.14. The molecule has 156 valence electrons. The number of carbonyl (C=O) groups excluding carboxylic acids is 2. The fourth-order valence-electron chi connectivity index (χ4n) is 2.96. The molecule has 0 spiro atoms. The van der Waals surface area contributed by atoms with Crippen molar-refractivity contribution in [3.05, 3.63) is 70.7 Å². The minimum Gasteiger partial charge on any atom is -0.487 e. The van der Waals surface area contributed by atoms with Crippen LogP contribution in [0.25, 0.3) is 0 Å². The first-order chi connectivity index (χ1) is 14.5. The normalized spacial score (nSPS) is 10.5. The van der Waals surface area contributed by atoms with Crippen LogP contribution in [0.1, 0.15) is 42.4 Å². The second-order valence-corrected chi connectivity index (χ2v) is 7.33. The van der Waals surface area contributed by atoms with Crippen molar-refractivity contribution < 1.29 is 19.1 Å². The zero-order valence-electron chi connectivity index (χ0n) is 17.3. The van der Waals surface area contributed by atoms with Gasteiger partial charge < -0.3 is 9.47 Å². The Hall–Kier alpha value is -3.19. The number of aryl methyl sites for hydroxylation is 1. The van der Waals surface area contributed by atoms with Crippen LogP contribution in [0.3, 0.4) is 0 Å². The second-order valence-electron chi connectivity index (χ2n) is 6.49. The van der Waals surface area contributed by atoms with Crippen molar-refractivity contribution in [2.75, 3.05) is 11.5 Å². The fourth-order valence-corrected chi connectivity index (χ4v) is 3.82. The molecule has 2 aromatic carbocycles. The summed E-state index contributed by atoms with van der Waals surface area (Å²) < 4.78 is 10.8. The van der Waals surface area contributed by atoms with Crippen molar-refractivity contribution in [3.8, 4) is 5.75 Å². The molecule has 0 radical (unpaired) electrons. The summed E-state index contributed by atoms with van der Waals surface area (Å²) in [6.07, 6.45) is 0.823. The zero-order chi connectivity index (χ0) is 21.5. The van der Waals surface area contributed by atoms with Crippen molar-refractivity contribution in [1.29, 1.82) is 0 Å². The molecule has 0 unspecified atom stereocenters. The molecule has 1 heterocycles. The molecule has 0 fully saturated rings. The van der Waals surface area contributed by atoms with Gasteiger partial charge in [0, 0.05) is 12.3 Å². The summed E-state index contributed by atoms with van der Waals surface area (Å²) in [7, 11) is 0. The molecule has 7 heteroatoms. The van der Waals surface area contributed by atoms with Crippen LogP contribution in [0.15, 0.2) is 53.9 Å². The molecule has 0 N–H and O–H groups in total. The Kier molecular flexibility index (Phi) is 7.19. The predicted molar refractivity (Wildman–Crippen MR) is 117 cm³/mol. The number of esters is 1. The molecule has 0 aliphatic heterocycles. The van der Waals surface area contributed by atoms with Crippen molar-refractivity contribution in [3.63, 3.8) is 0 Å². The van der Waals surface area contributed by atoms with Gasteiger partial charge in [0.25, 0.3) is 0 Å². The molecule has 0 bridgehead atoms. The average Bonchev–Trinajstić information content (AvgIpc) is 3.21. The number of amides is 1. The maximum absolute atomic E-state index is 12.4. The van der Waals surface area contributed by atoms with E-state index in [1.54, 1.807) is 36.1 Å². The van der Waals surface area contributed by atoms with Crippen LogP contribution in [0, 0.1) is 0 Å². The quantitative estimate of drug-likeness (QED) is 0.468. The largest absolute Gasteiger partial charge is 0.487 e. The standard InChI is InChI=1S/C23H24N2O4S/c1-4-17-8-6-7-9-21(17)25(16(3)26)23-24-19(15-30-23)14-29-20-12-10-18(11-13-20)22(27)28-5-2/h6-13,15H,4-5,14H2,1-3H3. The highest BCUT2D eigenvalue weighted by Gasteiger charge is 2.20. The van der Waals surface area contributed by atoms with E-state index in [0.29, 0.717) is 23.1 Å². The van der Waals surface area contributed by atoms with E-state index < -0.39 is 0 Å². The third kappa shape index (κ3) is 5.04. The molecular weight excluding hydrogens is 400 g/mol. The fraction of sp³-hybridized carbons (Fsp3) is 0.261. The van der Waals surface area contributed by atoms with Gasteiger partial charge in [-0.3, -0.25) is 9.69 Å². The highest BCUT2D eigenvalue weighted by molar-refractivity contribution is 7.14. The van der Waals surface area contributed by atoms with Crippen LogP contribution in [0.5, 0.6) is 5.75 Å². The van der Waals surface area contributed by atoms with E-state index in [9.17, 15) is 9.59 Å². The SMILES string of the molecule is CCOC(=O)c1ccc(OCc2csc(N(C(C)=O)c3ccccc3CC)n2)cc1. The number of hydrogen-bond donors (Lipinski definition) is 0. The molecule has 0 saturated heterocycles. The Morgan fingerprint density at radius 2 is 1.80 bits per heavy atom. The number of hydrogen-bond acceptors (Lipinski definition) is 6. The zero-order valence-corrected chi connectivity index (χ0v) is 18.1. The number of nitrogens with zero attached hydrogens (tertiary/aromatic N) is 2. The van der Waals surface area contributed by atoms with E-state index in [1.165, 1.54) is 18.3 Å². The lowest BCUT2D eigenvalue weighted by Gasteiger charge is -2.20. The number of anilines is 2. The van der Waals surface area contributed by atoms with E-state index in [2.05, 4.69) is 11.9 Å². The maximum Gasteiger partial charge on any atom is 0.338 e. The van der Waals surface area contributed by atoms with Crippen LogP contribution in [0.2, 0.25) is 0 Å². The number of benzene rings is 2. The Labute approximate surface area is 180 Å². The molecule has 3 aromatic rings. The lowest BCUT2D eigenvalue weighted by molar-refractivity contribution is -0.115. The van der Waals surface area contributed by atoms with Crippen molar-refractivity contribution in [1.82, 2.24) is 4.98 Å². The maximum atomic E-state index is 12.4. The van der Waals surface area contributed by atoms with Gasteiger partial charge in [0.05, 0.1) is 23.6 Å². The van der Waals surface area contributed by atoms with Gasteiger partial charge >= 0.3 is 5.97 Å². The van der Waals surface area contributed by atoms with E-state index in [-0.39, 0.29) is 18.5 Å². The van der Waals surface area contributed by atoms with Gasteiger partial charge in [-0.1, -0.05) is 25.1 Å². The summed E-state index contributed by atoms with van der Waals surface area (Å²) in [4.78, 5) is 30.3. The molecule has 1 aromatic heterocycles. The average molecular weight is 425 g/mol. The van der Waals surface area contributed by atoms with Gasteiger partial charge in [0.15, 0.2) is 5.13 Å². The van der Waals surface area contributed by atoms with E-state index in [4.69, 9.17) is 9.47 Å². The molecule has 6 nitrogen and oxygen atoms in total. The van der Waals surface area contributed by atoms with Crippen molar-refractivity contribution in [2.45, 2.75) is 33.8 Å². The predicted octanol–water partition coefficient (Wildman–Crippen LogP) is 5.15.